The monoisotopic (exact) mass is 449 g/mol. The van der Waals surface area contributed by atoms with Gasteiger partial charge in [0.15, 0.2) is 0 Å². The molecule has 26 heavy (non-hydrogen) atoms. The zero-order chi connectivity index (χ0) is 16.5. The van der Waals surface area contributed by atoms with E-state index in [2.05, 4.69) is 19.9 Å². The van der Waals surface area contributed by atoms with Gasteiger partial charge in [0.2, 0.25) is 0 Å². The van der Waals surface area contributed by atoms with Gasteiger partial charge in [-0.05, 0) is 48.5 Å². The van der Waals surface area contributed by atoms with E-state index in [-0.39, 0.29) is 31.9 Å². The Morgan fingerprint density at radius 2 is 0.615 bits per heavy atom. The molecule has 0 amide bonds. The topological polar surface area (TPSA) is 51.6 Å². The quantitative estimate of drug-likeness (QED) is 0.434. The molecule has 1 radical (unpaired) electrons. The van der Waals surface area contributed by atoms with Gasteiger partial charge in [0.1, 0.15) is 0 Å². The summed E-state index contributed by atoms with van der Waals surface area (Å²) >= 11 is 0. The smallest absolute Gasteiger partial charge is 1.00 e. The average molecular weight is 449 g/mol. The summed E-state index contributed by atoms with van der Waals surface area (Å²) in [5.41, 5.74) is 3.66. The van der Waals surface area contributed by atoms with E-state index in [9.17, 15) is 0 Å². The summed E-state index contributed by atoms with van der Waals surface area (Å²) in [7, 11) is 0. The van der Waals surface area contributed by atoms with Crippen LogP contribution in [0, 0.1) is 0 Å². The standard InChI is InChI=1S/2C10H8N2.ClH.Ru/c2*1-3-7-11-9(5-1)10-6-2-4-8-12-10;;/h2*1-8H;1H;/q;;;+3/p-1. The Bertz CT molecular complexity index is 698. The molecule has 0 N–H and O–H groups in total. The van der Waals surface area contributed by atoms with Crippen molar-refractivity contribution in [3.63, 3.8) is 0 Å². The number of hydrogen-bond acceptors (Lipinski definition) is 4. The molecule has 0 spiro atoms. The predicted octanol–water partition coefficient (Wildman–Crippen LogP) is 1.29. The molecule has 0 unspecified atom stereocenters. The second-order valence-electron chi connectivity index (χ2n) is 4.86. The first-order valence-corrected chi connectivity index (χ1v) is 7.58. The van der Waals surface area contributed by atoms with Crippen LogP contribution in [0.5, 0.6) is 0 Å². The molecule has 129 valence electrons. The van der Waals surface area contributed by atoms with Gasteiger partial charge in [0, 0.05) is 24.8 Å². The van der Waals surface area contributed by atoms with Crippen LogP contribution in [0.25, 0.3) is 22.8 Å². The van der Waals surface area contributed by atoms with Gasteiger partial charge in [-0.15, -0.1) is 0 Å². The minimum Gasteiger partial charge on any atom is -1.00 e. The normalized spacial score (nSPS) is 8.92. The Kier molecular flexibility index (Phi) is 9.92. The van der Waals surface area contributed by atoms with Crippen molar-refractivity contribution < 1.29 is 31.9 Å². The van der Waals surface area contributed by atoms with E-state index in [1.165, 1.54) is 0 Å². The minimum atomic E-state index is 0. The largest absolute Gasteiger partial charge is 3.00 e. The Hall–Kier alpha value is -2.49. The third-order valence-corrected chi connectivity index (χ3v) is 3.18. The summed E-state index contributed by atoms with van der Waals surface area (Å²) in [6, 6.07) is 23.2. The molecule has 4 aromatic heterocycles. The van der Waals surface area contributed by atoms with E-state index in [0.29, 0.717) is 0 Å². The first-order chi connectivity index (χ1) is 11.9. The molecule has 0 bridgehead atoms. The second kappa shape index (κ2) is 12.0. The van der Waals surface area contributed by atoms with Gasteiger partial charge in [0.25, 0.3) is 0 Å². The van der Waals surface area contributed by atoms with Crippen LogP contribution in [0.3, 0.4) is 0 Å². The molecule has 6 heteroatoms. The van der Waals surface area contributed by atoms with E-state index in [4.69, 9.17) is 0 Å². The average Bonchev–Trinajstić information content (AvgIpc) is 2.71. The van der Waals surface area contributed by atoms with Crippen molar-refractivity contribution in [3.8, 4) is 22.8 Å². The maximum absolute atomic E-state index is 4.19. The van der Waals surface area contributed by atoms with E-state index < -0.39 is 0 Å². The first kappa shape index (κ1) is 21.6. The molecular weight excluding hydrogens is 433 g/mol. The summed E-state index contributed by atoms with van der Waals surface area (Å²) in [4.78, 5) is 16.7. The van der Waals surface area contributed by atoms with Gasteiger partial charge in [-0.2, -0.15) is 0 Å². The summed E-state index contributed by atoms with van der Waals surface area (Å²) in [5, 5.41) is 0. The van der Waals surface area contributed by atoms with E-state index >= 15 is 0 Å². The number of nitrogens with zero attached hydrogens (tertiary/aromatic N) is 4. The van der Waals surface area contributed by atoms with Crippen LogP contribution in [-0.4, -0.2) is 19.9 Å². The Labute approximate surface area is 172 Å². The maximum atomic E-state index is 4.19. The van der Waals surface area contributed by atoms with Gasteiger partial charge < -0.3 is 12.4 Å². The number of aromatic nitrogens is 4. The molecule has 0 saturated carbocycles. The predicted molar refractivity (Wildman–Crippen MR) is 94.9 cm³/mol. The van der Waals surface area contributed by atoms with Gasteiger partial charge in [-0.1, -0.05) is 24.3 Å². The van der Waals surface area contributed by atoms with Gasteiger partial charge in [-0.3, -0.25) is 19.9 Å². The molecule has 4 rings (SSSR count). The zero-order valence-electron chi connectivity index (χ0n) is 13.8. The summed E-state index contributed by atoms with van der Waals surface area (Å²) in [5.74, 6) is 0. The van der Waals surface area contributed by atoms with Crippen molar-refractivity contribution in [2.45, 2.75) is 0 Å². The molecule has 0 aliphatic rings. The molecular formula is C20H16ClN4Ru+2. The molecule has 0 atom stereocenters. The van der Waals surface area contributed by atoms with Gasteiger partial charge in [0.05, 0.1) is 22.8 Å². The van der Waals surface area contributed by atoms with Crippen LogP contribution in [0.1, 0.15) is 0 Å². The van der Waals surface area contributed by atoms with Crippen molar-refractivity contribution in [1.29, 1.82) is 0 Å². The van der Waals surface area contributed by atoms with E-state index in [1.807, 2.05) is 72.8 Å². The van der Waals surface area contributed by atoms with Crippen molar-refractivity contribution in [1.82, 2.24) is 19.9 Å². The van der Waals surface area contributed by atoms with Crippen LogP contribution in [0.2, 0.25) is 0 Å². The van der Waals surface area contributed by atoms with E-state index in [1.54, 1.807) is 24.8 Å². The third kappa shape index (κ3) is 6.43. The molecule has 0 aliphatic carbocycles. The van der Waals surface area contributed by atoms with Crippen molar-refractivity contribution >= 4 is 0 Å². The minimum absolute atomic E-state index is 0. The zero-order valence-corrected chi connectivity index (χ0v) is 16.3. The molecule has 0 fully saturated rings. The van der Waals surface area contributed by atoms with Crippen LogP contribution in [0.15, 0.2) is 97.6 Å². The van der Waals surface area contributed by atoms with Crippen LogP contribution >= 0.6 is 0 Å². The number of halogens is 1. The van der Waals surface area contributed by atoms with Crippen LogP contribution < -0.4 is 12.4 Å². The Morgan fingerprint density at radius 1 is 0.385 bits per heavy atom. The molecule has 4 nitrogen and oxygen atoms in total. The fourth-order valence-electron chi connectivity index (χ4n) is 2.06. The molecule has 0 aliphatic heterocycles. The summed E-state index contributed by atoms with van der Waals surface area (Å²) < 4.78 is 0. The van der Waals surface area contributed by atoms with Gasteiger partial charge in [-0.25, -0.2) is 0 Å². The van der Waals surface area contributed by atoms with Crippen LogP contribution in [-0.2, 0) is 19.5 Å². The fourth-order valence-corrected chi connectivity index (χ4v) is 2.06. The summed E-state index contributed by atoms with van der Waals surface area (Å²) in [6.07, 6.45) is 7.07. The van der Waals surface area contributed by atoms with Crippen molar-refractivity contribution in [3.05, 3.63) is 97.6 Å². The summed E-state index contributed by atoms with van der Waals surface area (Å²) in [6.45, 7) is 0. The molecule has 0 saturated heterocycles. The SMILES string of the molecule is [Cl-].[Ru+3].c1ccc(-c2ccccn2)nc1.c1ccc(-c2ccccn2)nc1. The van der Waals surface area contributed by atoms with Crippen molar-refractivity contribution in [2.24, 2.45) is 0 Å². The molecule has 0 aromatic carbocycles. The number of hydrogen-bond donors (Lipinski definition) is 0. The fraction of sp³-hybridized carbons (Fsp3) is 0. The number of rotatable bonds is 2. The molecule has 4 heterocycles. The number of pyridine rings is 4. The van der Waals surface area contributed by atoms with Gasteiger partial charge >= 0.3 is 19.5 Å². The van der Waals surface area contributed by atoms with E-state index in [0.717, 1.165) is 22.8 Å². The Morgan fingerprint density at radius 3 is 0.769 bits per heavy atom. The third-order valence-electron chi connectivity index (χ3n) is 3.18. The Balaban J connectivity index is 0.000000241. The van der Waals surface area contributed by atoms with Crippen LogP contribution in [0.4, 0.5) is 0 Å². The molecule has 4 aromatic rings. The maximum Gasteiger partial charge on any atom is 3.00 e. The second-order valence-corrected chi connectivity index (χ2v) is 4.86. The van der Waals surface area contributed by atoms with Crippen molar-refractivity contribution in [2.75, 3.05) is 0 Å². The first-order valence-electron chi connectivity index (χ1n) is 7.58.